The van der Waals surface area contributed by atoms with Crippen molar-refractivity contribution in [2.75, 3.05) is 10.6 Å². The number of hydrogen-bond acceptors (Lipinski definition) is 3. The number of pyridine rings is 1. The fraction of sp³-hybridized carbons (Fsp3) is 0.100. The molecule has 0 unspecified atom stereocenters. The second kappa shape index (κ2) is 7.13. The summed E-state index contributed by atoms with van der Waals surface area (Å²) in [7, 11) is 0. The molecule has 0 aliphatic heterocycles. The summed E-state index contributed by atoms with van der Waals surface area (Å²) >= 11 is 0. The Bertz CT molecular complexity index is 907. The van der Waals surface area contributed by atoms with Gasteiger partial charge in [-0.15, -0.1) is 0 Å². The van der Waals surface area contributed by atoms with E-state index in [9.17, 15) is 9.18 Å². The summed E-state index contributed by atoms with van der Waals surface area (Å²) in [5, 5.41) is 5.96. The number of carbonyl (C=O) groups is 1. The SMILES string of the molecule is Cc1cccc(Nc2ccc(NC(=O)c3cccc(F)c3)cn2)c1C. The van der Waals surface area contributed by atoms with E-state index in [4.69, 9.17) is 0 Å². The molecule has 3 rings (SSSR count). The minimum atomic E-state index is -0.446. The largest absolute Gasteiger partial charge is 0.340 e. The van der Waals surface area contributed by atoms with Gasteiger partial charge in [-0.1, -0.05) is 18.2 Å². The zero-order chi connectivity index (χ0) is 17.8. The highest BCUT2D eigenvalue weighted by Gasteiger charge is 2.08. The van der Waals surface area contributed by atoms with Crippen molar-refractivity contribution < 1.29 is 9.18 Å². The van der Waals surface area contributed by atoms with Gasteiger partial charge in [-0.2, -0.15) is 0 Å². The van der Waals surface area contributed by atoms with E-state index in [0.29, 0.717) is 11.5 Å². The third kappa shape index (κ3) is 4.01. The van der Waals surface area contributed by atoms with Crippen LogP contribution in [0.4, 0.5) is 21.6 Å². The molecule has 0 radical (unpaired) electrons. The Balaban J connectivity index is 1.70. The minimum Gasteiger partial charge on any atom is -0.340 e. The number of rotatable bonds is 4. The molecule has 0 fully saturated rings. The zero-order valence-corrected chi connectivity index (χ0v) is 14.0. The number of amides is 1. The van der Waals surface area contributed by atoms with Crippen molar-refractivity contribution in [2.24, 2.45) is 0 Å². The Kier molecular flexibility index (Phi) is 4.75. The van der Waals surface area contributed by atoms with Crippen molar-refractivity contribution in [3.8, 4) is 0 Å². The van der Waals surface area contributed by atoms with E-state index < -0.39 is 5.82 Å². The summed E-state index contributed by atoms with van der Waals surface area (Å²) in [4.78, 5) is 16.4. The van der Waals surface area contributed by atoms with Crippen LogP contribution in [-0.2, 0) is 0 Å². The van der Waals surface area contributed by atoms with Crippen LogP contribution in [0.25, 0.3) is 0 Å². The second-order valence-corrected chi connectivity index (χ2v) is 5.77. The maximum Gasteiger partial charge on any atom is 0.255 e. The van der Waals surface area contributed by atoms with E-state index in [1.807, 2.05) is 19.1 Å². The number of aryl methyl sites for hydroxylation is 1. The highest BCUT2D eigenvalue weighted by atomic mass is 19.1. The molecule has 0 saturated carbocycles. The number of aromatic nitrogens is 1. The van der Waals surface area contributed by atoms with Gasteiger partial charge in [-0.05, 0) is 61.4 Å². The van der Waals surface area contributed by atoms with Gasteiger partial charge in [0.25, 0.3) is 5.91 Å². The van der Waals surface area contributed by atoms with Crippen LogP contribution in [0.3, 0.4) is 0 Å². The van der Waals surface area contributed by atoms with E-state index in [1.165, 1.54) is 23.8 Å². The topological polar surface area (TPSA) is 54.0 Å². The molecule has 5 heteroatoms. The first-order valence-electron chi connectivity index (χ1n) is 7.89. The van der Waals surface area contributed by atoms with E-state index >= 15 is 0 Å². The standard InChI is InChI=1S/C20H18FN3O/c1-13-5-3-8-18(14(13)2)24-19-10-9-17(12-22-19)23-20(25)15-6-4-7-16(21)11-15/h3-12H,1-2H3,(H,22,24)(H,23,25). The van der Waals surface area contributed by atoms with E-state index in [2.05, 4.69) is 28.6 Å². The summed E-state index contributed by atoms with van der Waals surface area (Å²) in [6.07, 6.45) is 1.56. The lowest BCUT2D eigenvalue weighted by molar-refractivity contribution is 0.102. The van der Waals surface area contributed by atoms with Crippen molar-refractivity contribution in [2.45, 2.75) is 13.8 Å². The van der Waals surface area contributed by atoms with E-state index in [1.54, 1.807) is 24.4 Å². The Morgan fingerprint density at radius 3 is 2.56 bits per heavy atom. The Hall–Kier alpha value is -3.21. The predicted octanol–water partition coefficient (Wildman–Crippen LogP) is 4.83. The molecule has 1 heterocycles. The first-order valence-corrected chi connectivity index (χ1v) is 7.89. The summed E-state index contributed by atoms with van der Waals surface area (Å²) in [6, 6.07) is 15.1. The van der Waals surface area contributed by atoms with Gasteiger partial charge >= 0.3 is 0 Å². The van der Waals surface area contributed by atoms with Gasteiger partial charge in [0, 0.05) is 11.3 Å². The molecule has 0 saturated heterocycles. The number of hydrogen-bond donors (Lipinski definition) is 2. The summed E-state index contributed by atoms with van der Waals surface area (Å²) in [5.74, 6) is -0.146. The van der Waals surface area contributed by atoms with Crippen LogP contribution >= 0.6 is 0 Å². The lowest BCUT2D eigenvalue weighted by atomic mass is 10.1. The van der Waals surface area contributed by atoms with Crippen molar-refractivity contribution in [3.05, 3.63) is 83.3 Å². The van der Waals surface area contributed by atoms with Gasteiger partial charge in [0.15, 0.2) is 0 Å². The average molecular weight is 335 g/mol. The van der Waals surface area contributed by atoms with Gasteiger partial charge in [0.05, 0.1) is 11.9 Å². The monoisotopic (exact) mass is 335 g/mol. The van der Waals surface area contributed by atoms with Gasteiger partial charge in [0.1, 0.15) is 11.6 Å². The molecule has 0 aliphatic rings. The number of halogens is 1. The molecule has 0 spiro atoms. The van der Waals surface area contributed by atoms with E-state index in [0.717, 1.165) is 11.3 Å². The van der Waals surface area contributed by atoms with Crippen LogP contribution in [0.15, 0.2) is 60.8 Å². The number of anilines is 3. The lowest BCUT2D eigenvalue weighted by Gasteiger charge is -2.11. The van der Waals surface area contributed by atoms with Gasteiger partial charge in [-0.25, -0.2) is 9.37 Å². The number of nitrogens with zero attached hydrogens (tertiary/aromatic N) is 1. The third-order valence-corrected chi connectivity index (χ3v) is 3.98. The maximum absolute atomic E-state index is 13.2. The Morgan fingerprint density at radius 1 is 1.04 bits per heavy atom. The molecule has 0 bridgehead atoms. The molecule has 1 amide bonds. The van der Waals surface area contributed by atoms with Crippen LogP contribution in [0, 0.1) is 19.7 Å². The third-order valence-electron chi connectivity index (χ3n) is 3.98. The summed E-state index contributed by atoms with van der Waals surface area (Å²) in [6.45, 7) is 4.10. The van der Waals surface area contributed by atoms with Gasteiger partial charge < -0.3 is 10.6 Å². The highest BCUT2D eigenvalue weighted by Crippen LogP contribution is 2.22. The fourth-order valence-electron chi connectivity index (χ4n) is 2.40. The zero-order valence-electron chi connectivity index (χ0n) is 14.0. The van der Waals surface area contributed by atoms with Crippen molar-refractivity contribution in [1.82, 2.24) is 4.98 Å². The van der Waals surface area contributed by atoms with Gasteiger partial charge in [0.2, 0.25) is 0 Å². The fourth-order valence-corrected chi connectivity index (χ4v) is 2.40. The Labute approximate surface area is 145 Å². The molecular weight excluding hydrogens is 317 g/mol. The second-order valence-electron chi connectivity index (χ2n) is 5.77. The Morgan fingerprint density at radius 2 is 1.84 bits per heavy atom. The van der Waals surface area contributed by atoms with Crippen LogP contribution in [0.2, 0.25) is 0 Å². The quantitative estimate of drug-likeness (QED) is 0.718. The molecular formula is C20H18FN3O. The number of benzene rings is 2. The first kappa shape index (κ1) is 16.6. The number of carbonyl (C=O) groups excluding carboxylic acids is 1. The molecule has 25 heavy (non-hydrogen) atoms. The van der Waals surface area contributed by atoms with Crippen molar-refractivity contribution in [3.63, 3.8) is 0 Å². The van der Waals surface area contributed by atoms with Gasteiger partial charge in [-0.3, -0.25) is 4.79 Å². The maximum atomic E-state index is 13.2. The van der Waals surface area contributed by atoms with Crippen LogP contribution in [0.5, 0.6) is 0 Å². The molecule has 0 aliphatic carbocycles. The smallest absolute Gasteiger partial charge is 0.255 e. The average Bonchev–Trinajstić information content (AvgIpc) is 2.60. The van der Waals surface area contributed by atoms with Crippen LogP contribution in [-0.4, -0.2) is 10.9 Å². The van der Waals surface area contributed by atoms with Crippen LogP contribution in [0.1, 0.15) is 21.5 Å². The van der Waals surface area contributed by atoms with Crippen LogP contribution < -0.4 is 10.6 Å². The number of nitrogens with one attached hydrogen (secondary N) is 2. The molecule has 1 aromatic heterocycles. The van der Waals surface area contributed by atoms with Crippen molar-refractivity contribution in [1.29, 1.82) is 0 Å². The molecule has 0 atom stereocenters. The highest BCUT2D eigenvalue weighted by molar-refractivity contribution is 6.04. The molecule has 2 N–H and O–H groups in total. The lowest BCUT2D eigenvalue weighted by Crippen LogP contribution is -2.12. The normalized spacial score (nSPS) is 10.4. The summed E-state index contributed by atoms with van der Waals surface area (Å²) < 4.78 is 13.2. The molecule has 4 nitrogen and oxygen atoms in total. The summed E-state index contributed by atoms with van der Waals surface area (Å²) in [5.41, 5.74) is 4.15. The molecule has 2 aromatic carbocycles. The first-order chi connectivity index (χ1) is 12.0. The molecule has 126 valence electrons. The molecule has 3 aromatic rings. The minimum absolute atomic E-state index is 0.262. The van der Waals surface area contributed by atoms with Crippen molar-refractivity contribution >= 4 is 23.1 Å². The predicted molar refractivity (Wildman–Crippen MR) is 97.8 cm³/mol. The van der Waals surface area contributed by atoms with E-state index in [-0.39, 0.29) is 11.5 Å².